The first-order chi connectivity index (χ1) is 14.0. The van der Waals surface area contributed by atoms with E-state index in [1.54, 1.807) is 18.2 Å². The number of amides is 1. The third-order valence-electron chi connectivity index (χ3n) is 4.11. The highest BCUT2D eigenvalue weighted by molar-refractivity contribution is 6.02. The molecule has 4 rings (SSSR count). The summed E-state index contributed by atoms with van der Waals surface area (Å²) in [5.41, 5.74) is 2.48. The van der Waals surface area contributed by atoms with Crippen molar-refractivity contribution in [3.8, 4) is 23.5 Å². The number of nitriles is 1. The number of benzene rings is 1. The van der Waals surface area contributed by atoms with Crippen LogP contribution in [0.25, 0.3) is 12.0 Å². The Hall–Kier alpha value is -4.19. The first-order valence-electron chi connectivity index (χ1n) is 8.73. The fourth-order valence-corrected chi connectivity index (χ4v) is 2.85. The van der Waals surface area contributed by atoms with E-state index in [9.17, 15) is 10.1 Å². The second-order valence-electron chi connectivity index (χ2n) is 6.32. The van der Waals surface area contributed by atoms with Gasteiger partial charge in [0.25, 0.3) is 5.95 Å². The molecule has 29 heavy (non-hydrogen) atoms. The summed E-state index contributed by atoms with van der Waals surface area (Å²) in [6.07, 6.45) is 4.36. The molecule has 3 aromatic rings. The number of rotatable bonds is 4. The zero-order valence-corrected chi connectivity index (χ0v) is 15.7. The lowest BCUT2D eigenvalue weighted by atomic mass is 10.2. The Morgan fingerprint density at radius 1 is 1.21 bits per heavy atom. The fraction of sp³-hybridized carbons (Fsp3) is 0.150. The van der Waals surface area contributed by atoms with Crippen molar-refractivity contribution >= 4 is 17.8 Å². The van der Waals surface area contributed by atoms with Gasteiger partial charge in [0.2, 0.25) is 12.7 Å². The third-order valence-corrected chi connectivity index (χ3v) is 4.11. The Labute approximate surface area is 166 Å². The fourth-order valence-electron chi connectivity index (χ4n) is 2.85. The number of carbonyl (C=O) groups is 1. The predicted molar refractivity (Wildman–Crippen MR) is 104 cm³/mol. The van der Waals surface area contributed by atoms with Gasteiger partial charge in [-0.3, -0.25) is 4.79 Å². The molecule has 0 saturated heterocycles. The van der Waals surface area contributed by atoms with E-state index < -0.39 is 5.91 Å². The maximum atomic E-state index is 12.5. The number of carbonyl (C=O) groups excluding carboxylic acids is 1. The van der Waals surface area contributed by atoms with Crippen LogP contribution in [0.5, 0.6) is 11.5 Å². The van der Waals surface area contributed by atoms with E-state index in [1.165, 1.54) is 17.0 Å². The van der Waals surface area contributed by atoms with E-state index in [0.717, 1.165) is 17.0 Å². The third kappa shape index (κ3) is 3.77. The van der Waals surface area contributed by atoms with Crippen molar-refractivity contribution in [1.82, 2.24) is 19.7 Å². The second kappa shape index (κ2) is 7.44. The minimum absolute atomic E-state index is 0.185. The minimum atomic E-state index is -0.426. The van der Waals surface area contributed by atoms with E-state index in [0.29, 0.717) is 11.5 Å². The Morgan fingerprint density at radius 3 is 2.72 bits per heavy atom. The van der Waals surface area contributed by atoms with Crippen molar-refractivity contribution in [2.45, 2.75) is 13.8 Å². The molecule has 1 amide bonds. The largest absolute Gasteiger partial charge is 0.454 e. The lowest BCUT2D eigenvalue weighted by Crippen LogP contribution is -2.15. The highest BCUT2D eigenvalue weighted by Crippen LogP contribution is 2.32. The summed E-state index contributed by atoms with van der Waals surface area (Å²) in [7, 11) is 0. The normalized spacial score (nSPS) is 12.2. The van der Waals surface area contributed by atoms with E-state index in [1.807, 2.05) is 32.0 Å². The Bertz CT molecular complexity index is 1160. The minimum Gasteiger partial charge on any atom is -0.454 e. The van der Waals surface area contributed by atoms with Gasteiger partial charge in [-0.2, -0.15) is 15.0 Å². The number of fused-ring (bicyclic) bond motifs is 1. The summed E-state index contributed by atoms with van der Waals surface area (Å²) < 4.78 is 11.9. The smallest absolute Gasteiger partial charge is 0.252 e. The maximum Gasteiger partial charge on any atom is 0.252 e. The van der Waals surface area contributed by atoms with Crippen molar-refractivity contribution in [1.29, 1.82) is 5.26 Å². The van der Waals surface area contributed by atoms with Crippen molar-refractivity contribution in [2.75, 3.05) is 12.1 Å². The van der Waals surface area contributed by atoms with Gasteiger partial charge in [0.15, 0.2) is 17.3 Å². The molecule has 1 aliphatic heterocycles. The molecule has 0 bridgehead atoms. The van der Waals surface area contributed by atoms with Crippen LogP contribution >= 0.6 is 0 Å². The molecule has 0 atom stereocenters. The van der Waals surface area contributed by atoms with Gasteiger partial charge in [0, 0.05) is 17.5 Å². The zero-order valence-electron chi connectivity index (χ0n) is 15.7. The molecule has 0 spiro atoms. The Kier molecular flexibility index (Phi) is 4.66. The van der Waals surface area contributed by atoms with Gasteiger partial charge in [0.1, 0.15) is 11.6 Å². The number of nitrogens with one attached hydrogen (secondary N) is 1. The topological polar surface area (TPSA) is 115 Å². The first-order valence-corrected chi connectivity index (χ1v) is 8.73. The van der Waals surface area contributed by atoms with Gasteiger partial charge in [-0.15, -0.1) is 0 Å². The lowest BCUT2D eigenvalue weighted by Gasteiger charge is -2.08. The van der Waals surface area contributed by atoms with Crippen LogP contribution < -0.4 is 14.8 Å². The van der Waals surface area contributed by atoms with Crippen LogP contribution in [0.2, 0.25) is 0 Å². The summed E-state index contributed by atoms with van der Waals surface area (Å²) in [4.78, 5) is 21.1. The number of hydrogen-bond donors (Lipinski definition) is 1. The first kappa shape index (κ1) is 18.2. The van der Waals surface area contributed by atoms with Gasteiger partial charge in [-0.25, -0.2) is 9.97 Å². The number of hydrogen-bond acceptors (Lipinski definition) is 7. The zero-order chi connectivity index (χ0) is 20.4. The lowest BCUT2D eigenvalue weighted by molar-refractivity contribution is -0.111. The van der Waals surface area contributed by atoms with E-state index in [-0.39, 0.29) is 24.1 Å². The molecule has 9 nitrogen and oxygen atoms in total. The highest BCUT2D eigenvalue weighted by atomic mass is 16.7. The van der Waals surface area contributed by atoms with Crippen molar-refractivity contribution in [3.63, 3.8) is 0 Å². The van der Waals surface area contributed by atoms with Crippen LogP contribution in [0.4, 0.5) is 5.82 Å². The molecule has 1 N–H and O–H groups in total. The molecular weight excluding hydrogens is 372 g/mol. The van der Waals surface area contributed by atoms with Gasteiger partial charge in [0.05, 0.1) is 6.20 Å². The van der Waals surface area contributed by atoms with Crippen LogP contribution in [0.15, 0.2) is 36.5 Å². The molecule has 3 heterocycles. The van der Waals surface area contributed by atoms with E-state index >= 15 is 0 Å². The SMILES string of the molecule is Cc1cc(C)nc(-n2ncc(C#N)c2NC(=O)/C=C/c2ccc3c(c2)OCO3)n1. The second-order valence-corrected chi connectivity index (χ2v) is 6.32. The highest BCUT2D eigenvalue weighted by Gasteiger charge is 2.17. The average Bonchev–Trinajstić information content (AvgIpc) is 3.31. The van der Waals surface area contributed by atoms with E-state index in [2.05, 4.69) is 20.4 Å². The van der Waals surface area contributed by atoms with Crippen LogP contribution in [0, 0.1) is 25.2 Å². The molecule has 0 unspecified atom stereocenters. The van der Waals surface area contributed by atoms with Crippen molar-refractivity contribution in [3.05, 3.63) is 59.1 Å². The number of aryl methyl sites for hydroxylation is 2. The van der Waals surface area contributed by atoms with E-state index in [4.69, 9.17) is 9.47 Å². The molecular formula is C20H16N6O3. The summed E-state index contributed by atoms with van der Waals surface area (Å²) in [6, 6.07) is 9.21. The summed E-state index contributed by atoms with van der Waals surface area (Å²) in [5.74, 6) is 1.36. The number of nitrogens with zero attached hydrogens (tertiary/aromatic N) is 5. The standard InChI is InChI=1S/C20H16N6O3/c1-12-7-13(2)24-20(23-12)26-19(15(9-21)10-22-26)25-18(27)6-4-14-3-5-16-17(8-14)29-11-28-16/h3-8,10H,11H2,1-2H3,(H,25,27)/b6-4+. The van der Waals surface area contributed by atoms with Crippen LogP contribution in [-0.4, -0.2) is 32.4 Å². The number of ether oxygens (including phenoxy) is 2. The monoisotopic (exact) mass is 388 g/mol. The van der Waals surface area contributed by atoms with Gasteiger partial charge in [-0.05, 0) is 43.7 Å². The molecule has 144 valence electrons. The average molecular weight is 388 g/mol. The molecule has 2 aromatic heterocycles. The van der Waals surface area contributed by atoms with Crippen molar-refractivity contribution in [2.24, 2.45) is 0 Å². The Balaban J connectivity index is 1.58. The molecule has 1 aromatic carbocycles. The van der Waals surface area contributed by atoms with Crippen LogP contribution in [-0.2, 0) is 4.79 Å². The molecule has 0 radical (unpaired) electrons. The quantitative estimate of drug-likeness (QED) is 0.683. The van der Waals surface area contributed by atoms with Crippen LogP contribution in [0.1, 0.15) is 22.5 Å². The van der Waals surface area contributed by atoms with Crippen LogP contribution in [0.3, 0.4) is 0 Å². The number of anilines is 1. The molecule has 0 fully saturated rings. The van der Waals surface area contributed by atoms with Gasteiger partial charge < -0.3 is 14.8 Å². The molecule has 9 heteroatoms. The molecule has 0 saturated carbocycles. The van der Waals surface area contributed by atoms with Crippen molar-refractivity contribution < 1.29 is 14.3 Å². The maximum absolute atomic E-state index is 12.5. The predicted octanol–water partition coefficient (Wildman–Crippen LogP) is 2.53. The van der Waals surface area contributed by atoms with Gasteiger partial charge >= 0.3 is 0 Å². The van der Waals surface area contributed by atoms with Gasteiger partial charge in [-0.1, -0.05) is 6.07 Å². The summed E-state index contributed by atoms with van der Waals surface area (Å²) in [6.45, 7) is 3.85. The molecule has 1 aliphatic rings. The number of aromatic nitrogens is 4. The Morgan fingerprint density at radius 2 is 1.97 bits per heavy atom. The molecule has 0 aliphatic carbocycles. The summed E-state index contributed by atoms with van der Waals surface area (Å²) in [5, 5.41) is 16.2. The summed E-state index contributed by atoms with van der Waals surface area (Å²) >= 11 is 0.